The van der Waals surface area contributed by atoms with E-state index in [9.17, 15) is 5.26 Å². The van der Waals surface area contributed by atoms with E-state index < -0.39 is 0 Å². The molecular formula is C60H42N6. The largest absolute Gasteiger partial charge is 0.308 e. The van der Waals surface area contributed by atoms with Gasteiger partial charge in [0.25, 0.3) is 0 Å². The zero-order valence-corrected chi connectivity index (χ0v) is 36.7. The molecule has 3 aromatic heterocycles. The van der Waals surface area contributed by atoms with Gasteiger partial charge < -0.3 is 4.57 Å². The highest BCUT2D eigenvalue weighted by Crippen LogP contribution is 2.44. The number of nitriles is 1. The average molecular weight is 847 g/mol. The molecular weight excluding hydrogens is 805 g/mol. The minimum atomic E-state index is 0.472. The van der Waals surface area contributed by atoms with Crippen molar-refractivity contribution in [1.29, 1.82) is 5.26 Å². The van der Waals surface area contributed by atoms with Gasteiger partial charge in [-0.1, -0.05) is 163 Å². The van der Waals surface area contributed by atoms with E-state index in [1.165, 1.54) is 22.3 Å². The number of aryl methyl sites for hydroxylation is 3. The van der Waals surface area contributed by atoms with Crippen molar-refractivity contribution >= 4 is 21.8 Å². The van der Waals surface area contributed by atoms with E-state index in [0.717, 1.165) is 77.8 Å². The van der Waals surface area contributed by atoms with Crippen LogP contribution in [0.5, 0.6) is 0 Å². The molecule has 0 N–H and O–H groups in total. The first-order valence-corrected chi connectivity index (χ1v) is 22.1. The zero-order chi connectivity index (χ0) is 44.7. The number of benzene rings is 8. The molecule has 0 radical (unpaired) electrons. The quantitative estimate of drug-likeness (QED) is 0.152. The summed E-state index contributed by atoms with van der Waals surface area (Å²) in [6.07, 6.45) is 0. The highest BCUT2D eigenvalue weighted by molar-refractivity contribution is 6.12. The van der Waals surface area contributed by atoms with Gasteiger partial charge in [0.05, 0.1) is 51.1 Å². The molecule has 11 aromatic rings. The van der Waals surface area contributed by atoms with Crippen LogP contribution in [0.15, 0.2) is 200 Å². The molecule has 11 rings (SSSR count). The number of rotatable bonds is 8. The third-order valence-electron chi connectivity index (χ3n) is 12.3. The number of nitrogens with zero attached hydrogens (tertiary/aromatic N) is 6. The van der Waals surface area contributed by atoms with Gasteiger partial charge in [0.15, 0.2) is 11.6 Å². The Labute approximate surface area is 383 Å². The van der Waals surface area contributed by atoms with Crippen LogP contribution in [0, 0.1) is 32.1 Å². The second kappa shape index (κ2) is 16.7. The van der Waals surface area contributed by atoms with Crippen LogP contribution < -0.4 is 0 Å². The molecule has 0 saturated heterocycles. The van der Waals surface area contributed by atoms with E-state index in [0.29, 0.717) is 28.6 Å². The summed E-state index contributed by atoms with van der Waals surface area (Å²) in [5.74, 6) is 1.16. The van der Waals surface area contributed by atoms with Gasteiger partial charge in [-0.2, -0.15) is 5.26 Å². The van der Waals surface area contributed by atoms with Gasteiger partial charge in [-0.15, -0.1) is 0 Å². The predicted octanol–water partition coefficient (Wildman–Crippen LogP) is 14.8. The van der Waals surface area contributed by atoms with Crippen molar-refractivity contribution < 1.29 is 0 Å². The SMILES string of the molecule is Cc1cc(C)c(-c2ccc3c(c2)c2ccccc2n3-c2c(-c3cc(-c4ccccc4)nc(-c4ccccc4)n3)cc(C#N)cc2-c2cc(-c3ccccc3)nc(-c3ccccc3)n2)c(C)c1. The summed E-state index contributed by atoms with van der Waals surface area (Å²) in [6.45, 7) is 6.55. The number of para-hydroxylation sites is 1. The number of hydrogen-bond acceptors (Lipinski definition) is 5. The highest BCUT2D eigenvalue weighted by atomic mass is 15.0. The molecule has 312 valence electrons. The Bertz CT molecular complexity index is 3380. The molecule has 0 aliphatic heterocycles. The third-order valence-corrected chi connectivity index (χ3v) is 12.3. The Hall–Kier alpha value is -8.79. The van der Waals surface area contributed by atoms with Crippen molar-refractivity contribution in [3.8, 4) is 90.7 Å². The first-order chi connectivity index (χ1) is 32.4. The number of hydrogen-bond donors (Lipinski definition) is 0. The summed E-state index contributed by atoms with van der Waals surface area (Å²) < 4.78 is 2.34. The molecule has 66 heavy (non-hydrogen) atoms. The second-order valence-electron chi connectivity index (χ2n) is 16.8. The van der Waals surface area contributed by atoms with Crippen LogP contribution in [0.4, 0.5) is 0 Å². The van der Waals surface area contributed by atoms with Crippen LogP contribution in [0.25, 0.3) is 106 Å². The summed E-state index contributed by atoms with van der Waals surface area (Å²) >= 11 is 0. The predicted molar refractivity (Wildman–Crippen MR) is 269 cm³/mol. The number of fused-ring (bicyclic) bond motifs is 3. The molecule has 0 unspecified atom stereocenters. The van der Waals surface area contributed by atoms with Crippen LogP contribution in [0.3, 0.4) is 0 Å². The normalized spacial score (nSPS) is 11.2. The maximum atomic E-state index is 11.0. The lowest BCUT2D eigenvalue weighted by molar-refractivity contribution is 1.14. The maximum absolute atomic E-state index is 11.0. The molecule has 8 aromatic carbocycles. The standard InChI is InChI=1S/C60H42N6/c1-38-30-39(2)57(40(3)31-38)46-28-29-56-48(34-46)47-26-16-17-27-55(47)66(56)58-49(53-35-51(42-18-8-4-9-19-42)62-59(64-53)44-22-12-6-13-23-44)32-41(37-61)33-50(58)54-36-52(43-20-10-5-11-21-43)63-60(65-54)45-24-14-7-15-25-45/h4-36H,1-3H3. The van der Waals surface area contributed by atoms with Crippen molar-refractivity contribution in [3.05, 3.63) is 222 Å². The van der Waals surface area contributed by atoms with E-state index in [2.05, 4.69) is 110 Å². The highest BCUT2D eigenvalue weighted by Gasteiger charge is 2.25. The third kappa shape index (κ3) is 7.29. The molecule has 0 aliphatic carbocycles. The summed E-state index contributed by atoms with van der Waals surface area (Å²) in [7, 11) is 0. The van der Waals surface area contributed by atoms with Crippen LogP contribution in [-0.4, -0.2) is 24.5 Å². The Morgan fingerprint density at radius 3 is 1.33 bits per heavy atom. The lowest BCUT2D eigenvalue weighted by Gasteiger charge is -2.20. The Kier molecular flexibility index (Phi) is 10.1. The number of aromatic nitrogens is 5. The van der Waals surface area contributed by atoms with Crippen molar-refractivity contribution in [2.75, 3.05) is 0 Å². The Morgan fingerprint density at radius 1 is 0.394 bits per heavy atom. The van der Waals surface area contributed by atoms with Gasteiger partial charge >= 0.3 is 0 Å². The minimum Gasteiger partial charge on any atom is -0.308 e. The van der Waals surface area contributed by atoms with Crippen molar-refractivity contribution in [1.82, 2.24) is 24.5 Å². The Balaban J connectivity index is 1.28. The van der Waals surface area contributed by atoms with Gasteiger partial charge in [-0.05, 0) is 85.5 Å². The van der Waals surface area contributed by atoms with E-state index >= 15 is 0 Å². The lowest BCUT2D eigenvalue weighted by Crippen LogP contribution is -2.05. The van der Waals surface area contributed by atoms with Crippen LogP contribution in [0.1, 0.15) is 22.3 Å². The molecule has 0 bridgehead atoms. The monoisotopic (exact) mass is 846 g/mol. The summed E-state index contributed by atoms with van der Waals surface area (Å²) in [6, 6.07) is 71.0. The molecule has 0 fully saturated rings. The van der Waals surface area contributed by atoms with Crippen molar-refractivity contribution in [2.45, 2.75) is 20.8 Å². The lowest BCUT2D eigenvalue weighted by atomic mass is 9.93. The van der Waals surface area contributed by atoms with Gasteiger partial charge in [-0.25, -0.2) is 19.9 Å². The minimum absolute atomic E-state index is 0.472. The molecule has 0 spiro atoms. The maximum Gasteiger partial charge on any atom is 0.160 e. The average Bonchev–Trinajstić information content (AvgIpc) is 3.69. The topological polar surface area (TPSA) is 80.3 Å². The van der Waals surface area contributed by atoms with Crippen molar-refractivity contribution in [2.24, 2.45) is 0 Å². The summed E-state index contributed by atoms with van der Waals surface area (Å²) in [5.41, 5.74) is 17.6. The van der Waals surface area contributed by atoms with Crippen LogP contribution in [0.2, 0.25) is 0 Å². The molecule has 6 nitrogen and oxygen atoms in total. The van der Waals surface area contributed by atoms with Crippen molar-refractivity contribution in [3.63, 3.8) is 0 Å². The van der Waals surface area contributed by atoms with E-state index in [-0.39, 0.29) is 0 Å². The molecule has 0 amide bonds. The second-order valence-corrected chi connectivity index (χ2v) is 16.8. The van der Waals surface area contributed by atoms with E-state index in [1.54, 1.807) is 0 Å². The fourth-order valence-corrected chi connectivity index (χ4v) is 9.45. The molecule has 0 atom stereocenters. The molecule has 0 aliphatic rings. The van der Waals surface area contributed by atoms with Crippen LogP contribution in [-0.2, 0) is 0 Å². The first kappa shape index (κ1) is 40.0. The smallest absolute Gasteiger partial charge is 0.160 e. The molecule has 3 heterocycles. The molecule has 6 heteroatoms. The van der Waals surface area contributed by atoms with E-state index in [4.69, 9.17) is 19.9 Å². The van der Waals surface area contributed by atoms with Gasteiger partial charge in [-0.3, -0.25) is 0 Å². The van der Waals surface area contributed by atoms with Crippen LogP contribution >= 0.6 is 0 Å². The fraction of sp³-hybridized carbons (Fsp3) is 0.0500. The van der Waals surface area contributed by atoms with Gasteiger partial charge in [0.2, 0.25) is 0 Å². The summed E-state index contributed by atoms with van der Waals surface area (Å²) in [5, 5.41) is 13.2. The molecule has 0 saturated carbocycles. The first-order valence-electron chi connectivity index (χ1n) is 22.1. The fourth-order valence-electron chi connectivity index (χ4n) is 9.45. The zero-order valence-electron chi connectivity index (χ0n) is 36.7. The van der Waals surface area contributed by atoms with E-state index in [1.807, 2.05) is 121 Å². The summed E-state index contributed by atoms with van der Waals surface area (Å²) in [4.78, 5) is 21.1. The van der Waals surface area contributed by atoms with Gasteiger partial charge in [0, 0.05) is 44.2 Å². The van der Waals surface area contributed by atoms with Gasteiger partial charge in [0.1, 0.15) is 0 Å². The Morgan fingerprint density at radius 2 is 0.833 bits per heavy atom.